The molecule has 23 heavy (non-hydrogen) atoms. The molecular weight excluding hydrogens is 312 g/mol. The van der Waals surface area contributed by atoms with Gasteiger partial charge in [0.15, 0.2) is 0 Å². The van der Waals surface area contributed by atoms with Gasteiger partial charge in [0.2, 0.25) is 15.9 Å². The Morgan fingerprint density at radius 3 is 2.43 bits per heavy atom. The lowest BCUT2D eigenvalue weighted by Crippen LogP contribution is -2.35. The van der Waals surface area contributed by atoms with Crippen molar-refractivity contribution in [2.75, 3.05) is 19.3 Å². The van der Waals surface area contributed by atoms with Gasteiger partial charge in [0.1, 0.15) is 0 Å². The largest absolute Gasteiger partial charge is 0.352 e. The standard InChI is InChI=1S/C17H28N2O3S/c1-14(2)9-11-19(23(4,21)22)12-10-17(20)18-13-16-8-6-5-7-15(16)3/h5-8,14H,9-13H2,1-4H3,(H,18,20). The van der Waals surface area contributed by atoms with E-state index in [4.69, 9.17) is 0 Å². The topological polar surface area (TPSA) is 66.5 Å². The van der Waals surface area contributed by atoms with Crippen molar-refractivity contribution in [2.45, 2.75) is 40.2 Å². The minimum atomic E-state index is -3.28. The molecule has 5 nitrogen and oxygen atoms in total. The predicted octanol–water partition coefficient (Wildman–Crippen LogP) is 2.31. The van der Waals surface area contributed by atoms with Crippen LogP contribution in [0.1, 0.15) is 37.8 Å². The van der Waals surface area contributed by atoms with E-state index in [1.165, 1.54) is 10.6 Å². The second kappa shape index (κ2) is 9.03. The summed E-state index contributed by atoms with van der Waals surface area (Å²) in [4.78, 5) is 12.0. The van der Waals surface area contributed by atoms with Gasteiger partial charge in [-0.1, -0.05) is 38.1 Å². The summed E-state index contributed by atoms with van der Waals surface area (Å²) < 4.78 is 24.9. The number of hydrogen-bond acceptors (Lipinski definition) is 3. The monoisotopic (exact) mass is 340 g/mol. The molecule has 130 valence electrons. The fourth-order valence-electron chi connectivity index (χ4n) is 2.16. The van der Waals surface area contributed by atoms with E-state index < -0.39 is 10.0 Å². The van der Waals surface area contributed by atoms with Crippen molar-refractivity contribution in [1.82, 2.24) is 9.62 Å². The molecule has 0 aromatic heterocycles. The van der Waals surface area contributed by atoms with E-state index in [0.29, 0.717) is 19.0 Å². The van der Waals surface area contributed by atoms with Crippen LogP contribution in [0.15, 0.2) is 24.3 Å². The molecule has 1 N–H and O–H groups in total. The number of sulfonamides is 1. The molecule has 0 bridgehead atoms. The first-order chi connectivity index (χ1) is 10.7. The van der Waals surface area contributed by atoms with Crippen molar-refractivity contribution in [1.29, 1.82) is 0 Å². The number of benzene rings is 1. The summed E-state index contributed by atoms with van der Waals surface area (Å²) in [5.74, 6) is 0.292. The lowest BCUT2D eigenvalue weighted by Gasteiger charge is -2.20. The molecule has 1 aromatic rings. The third-order valence-electron chi connectivity index (χ3n) is 3.75. The Labute approximate surface area is 140 Å². The zero-order chi connectivity index (χ0) is 17.5. The molecule has 6 heteroatoms. The van der Waals surface area contributed by atoms with Crippen LogP contribution in [0.5, 0.6) is 0 Å². The Bertz CT molecular complexity index is 612. The van der Waals surface area contributed by atoms with E-state index in [0.717, 1.165) is 17.5 Å². The molecule has 0 heterocycles. The lowest BCUT2D eigenvalue weighted by molar-refractivity contribution is -0.121. The summed E-state index contributed by atoms with van der Waals surface area (Å²) in [6.45, 7) is 7.26. The Kier molecular flexibility index (Phi) is 7.72. The predicted molar refractivity (Wildman–Crippen MR) is 93.5 cm³/mol. The first-order valence-corrected chi connectivity index (χ1v) is 9.81. The molecule has 0 saturated carbocycles. The van der Waals surface area contributed by atoms with Gasteiger partial charge < -0.3 is 5.32 Å². The fourth-order valence-corrected chi connectivity index (χ4v) is 3.02. The summed E-state index contributed by atoms with van der Waals surface area (Å²) in [6, 6.07) is 7.87. The highest BCUT2D eigenvalue weighted by atomic mass is 32.2. The maximum atomic E-state index is 12.0. The number of nitrogens with one attached hydrogen (secondary N) is 1. The van der Waals surface area contributed by atoms with Crippen LogP contribution in [0.4, 0.5) is 0 Å². The van der Waals surface area contributed by atoms with Gasteiger partial charge in [-0.25, -0.2) is 12.7 Å². The molecule has 0 spiro atoms. The van der Waals surface area contributed by atoms with Crippen molar-refractivity contribution in [3.8, 4) is 0 Å². The number of carbonyl (C=O) groups excluding carboxylic acids is 1. The SMILES string of the molecule is Cc1ccccc1CNC(=O)CCN(CCC(C)C)S(C)(=O)=O. The van der Waals surface area contributed by atoms with Crippen molar-refractivity contribution in [3.63, 3.8) is 0 Å². The minimum absolute atomic E-state index is 0.133. The molecule has 0 aliphatic carbocycles. The molecule has 1 amide bonds. The van der Waals surface area contributed by atoms with E-state index >= 15 is 0 Å². The van der Waals surface area contributed by atoms with E-state index in [-0.39, 0.29) is 18.9 Å². The number of carbonyl (C=O) groups is 1. The molecule has 1 aromatic carbocycles. The van der Waals surface area contributed by atoms with Gasteiger partial charge in [0, 0.05) is 26.1 Å². The van der Waals surface area contributed by atoms with E-state index in [1.807, 2.05) is 31.2 Å². The van der Waals surface area contributed by atoms with Gasteiger partial charge in [0.25, 0.3) is 0 Å². The third-order valence-corrected chi connectivity index (χ3v) is 5.05. The van der Waals surface area contributed by atoms with Crippen LogP contribution in [0.2, 0.25) is 0 Å². The summed E-state index contributed by atoms with van der Waals surface area (Å²) in [6.07, 6.45) is 2.16. The Balaban J connectivity index is 2.47. The zero-order valence-corrected chi connectivity index (χ0v) is 15.3. The molecule has 0 atom stereocenters. The number of nitrogens with zero attached hydrogens (tertiary/aromatic N) is 1. The second-order valence-electron chi connectivity index (χ2n) is 6.30. The minimum Gasteiger partial charge on any atom is -0.352 e. The maximum Gasteiger partial charge on any atom is 0.221 e. The maximum absolute atomic E-state index is 12.0. The highest BCUT2D eigenvalue weighted by Crippen LogP contribution is 2.08. The van der Waals surface area contributed by atoms with Crippen LogP contribution in [0.25, 0.3) is 0 Å². The van der Waals surface area contributed by atoms with Crippen LogP contribution in [0.3, 0.4) is 0 Å². The highest BCUT2D eigenvalue weighted by molar-refractivity contribution is 7.88. The molecule has 0 aliphatic heterocycles. The summed E-state index contributed by atoms with van der Waals surface area (Å²) >= 11 is 0. The van der Waals surface area contributed by atoms with Crippen molar-refractivity contribution >= 4 is 15.9 Å². The van der Waals surface area contributed by atoms with Gasteiger partial charge in [-0.2, -0.15) is 0 Å². The van der Waals surface area contributed by atoms with Crippen molar-refractivity contribution in [2.24, 2.45) is 5.92 Å². The van der Waals surface area contributed by atoms with Gasteiger partial charge >= 0.3 is 0 Å². The van der Waals surface area contributed by atoms with E-state index in [2.05, 4.69) is 19.2 Å². The summed E-state index contributed by atoms with van der Waals surface area (Å²) in [7, 11) is -3.28. The van der Waals surface area contributed by atoms with Gasteiger partial charge in [0.05, 0.1) is 6.26 Å². The normalized spacial score (nSPS) is 11.9. The smallest absolute Gasteiger partial charge is 0.221 e. The molecule has 0 aliphatic rings. The average Bonchev–Trinajstić information content (AvgIpc) is 2.44. The molecule has 0 saturated heterocycles. The van der Waals surface area contributed by atoms with E-state index in [9.17, 15) is 13.2 Å². The first-order valence-electron chi connectivity index (χ1n) is 7.96. The fraction of sp³-hybridized carbons (Fsp3) is 0.588. The zero-order valence-electron chi connectivity index (χ0n) is 14.5. The van der Waals surface area contributed by atoms with Crippen LogP contribution >= 0.6 is 0 Å². The quantitative estimate of drug-likeness (QED) is 0.750. The molecule has 0 radical (unpaired) electrons. The highest BCUT2D eigenvalue weighted by Gasteiger charge is 2.18. The molecule has 0 unspecified atom stereocenters. The van der Waals surface area contributed by atoms with Crippen molar-refractivity contribution in [3.05, 3.63) is 35.4 Å². The Hall–Kier alpha value is -1.40. The molecular formula is C17H28N2O3S. The third kappa shape index (κ3) is 7.61. The lowest BCUT2D eigenvalue weighted by atomic mass is 10.1. The average molecular weight is 340 g/mol. The number of amides is 1. The first kappa shape index (κ1) is 19.6. The van der Waals surface area contributed by atoms with Crippen LogP contribution in [-0.2, 0) is 21.4 Å². The summed E-state index contributed by atoms with van der Waals surface area (Å²) in [5.41, 5.74) is 2.20. The number of hydrogen-bond donors (Lipinski definition) is 1. The summed E-state index contributed by atoms with van der Waals surface area (Å²) in [5, 5.41) is 2.85. The molecule has 0 fully saturated rings. The van der Waals surface area contributed by atoms with Gasteiger partial charge in [-0.05, 0) is 30.4 Å². The van der Waals surface area contributed by atoms with Crippen molar-refractivity contribution < 1.29 is 13.2 Å². The Morgan fingerprint density at radius 2 is 1.87 bits per heavy atom. The second-order valence-corrected chi connectivity index (χ2v) is 8.28. The van der Waals surface area contributed by atoms with Gasteiger partial charge in [-0.15, -0.1) is 0 Å². The Morgan fingerprint density at radius 1 is 1.22 bits per heavy atom. The van der Waals surface area contributed by atoms with Crippen LogP contribution in [-0.4, -0.2) is 38.0 Å². The number of aryl methyl sites for hydroxylation is 1. The van der Waals surface area contributed by atoms with E-state index in [1.54, 1.807) is 0 Å². The molecule has 1 rings (SSSR count). The number of rotatable bonds is 9. The van der Waals surface area contributed by atoms with Crippen LogP contribution < -0.4 is 5.32 Å². The van der Waals surface area contributed by atoms with Gasteiger partial charge in [-0.3, -0.25) is 4.79 Å². The van der Waals surface area contributed by atoms with Crippen LogP contribution in [0, 0.1) is 12.8 Å².